The van der Waals surface area contributed by atoms with E-state index >= 15 is 0 Å². The Morgan fingerprint density at radius 2 is 2.12 bits per heavy atom. The average Bonchev–Trinajstić information content (AvgIpc) is 2.28. The molecule has 1 rings (SSSR count). The third-order valence-electron chi connectivity index (χ3n) is 2.50. The quantitative estimate of drug-likeness (QED) is 0.802. The van der Waals surface area contributed by atoms with E-state index in [0.717, 1.165) is 24.2 Å². The van der Waals surface area contributed by atoms with Gasteiger partial charge < -0.3 is 15.7 Å². The summed E-state index contributed by atoms with van der Waals surface area (Å²) in [5, 5.41) is 9.75. The summed E-state index contributed by atoms with van der Waals surface area (Å²) < 4.78 is 0. The molecule has 0 atom stereocenters. The second-order valence-electron chi connectivity index (χ2n) is 3.65. The molecular weight excluding hydrogens is 224 g/mol. The number of anilines is 1. The van der Waals surface area contributed by atoms with Crippen LogP contribution in [0.3, 0.4) is 0 Å². The van der Waals surface area contributed by atoms with Crippen molar-refractivity contribution in [3.8, 4) is 0 Å². The first-order chi connectivity index (χ1) is 7.74. The highest BCUT2D eigenvalue weighted by Gasteiger charge is 2.11. The van der Waals surface area contributed by atoms with Crippen LogP contribution in [0.4, 0.5) is 5.69 Å². The Labute approximate surface area is 102 Å². The molecule has 0 aliphatic heterocycles. The van der Waals surface area contributed by atoms with Crippen molar-refractivity contribution < 1.29 is 5.11 Å². The van der Waals surface area contributed by atoms with Crippen molar-refractivity contribution in [1.82, 2.24) is 0 Å². The van der Waals surface area contributed by atoms with Crippen LogP contribution < -0.4 is 10.6 Å². The zero-order valence-corrected chi connectivity index (χ0v) is 10.4. The summed E-state index contributed by atoms with van der Waals surface area (Å²) >= 11 is 6.10. The molecule has 0 amide bonds. The molecule has 0 aliphatic carbocycles. The van der Waals surface area contributed by atoms with E-state index in [2.05, 4.69) is 11.8 Å². The second kappa shape index (κ2) is 6.74. The average molecular weight is 243 g/mol. The molecule has 0 aliphatic rings. The van der Waals surface area contributed by atoms with Gasteiger partial charge in [-0.05, 0) is 18.6 Å². The number of aliphatic hydroxyl groups is 1. The number of nitrogens with two attached hydrogens (primary N) is 1. The van der Waals surface area contributed by atoms with Gasteiger partial charge in [-0.3, -0.25) is 0 Å². The molecule has 0 radical (unpaired) electrons. The Hall–Kier alpha value is -0.770. The van der Waals surface area contributed by atoms with Gasteiger partial charge in [-0.1, -0.05) is 24.6 Å². The molecule has 16 heavy (non-hydrogen) atoms. The van der Waals surface area contributed by atoms with E-state index in [1.807, 2.05) is 18.2 Å². The van der Waals surface area contributed by atoms with Gasteiger partial charge in [0.25, 0.3) is 0 Å². The van der Waals surface area contributed by atoms with Gasteiger partial charge in [-0.2, -0.15) is 0 Å². The first-order valence-corrected chi connectivity index (χ1v) is 5.95. The second-order valence-corrected chi connectivity index (χ2v) is 4.06. The Morgan fingerprint density at radius 3 is 2.69 bits per heavy atom. The van der Waals surface area contributed by atoms with Crippen LogP contribution in [-0.4, -0.2) is 24.8 Å². The Morgan fingerprint density at radius 1 is 1.38 bits per heavy atom. The number of hydrogen-bond acceptors (Lipinski definition) is 3. The van der Waals surface area contributed by atoms with Gasteiger partial charge in [0.1, 0.15) is 0 Å². The molecule has 1 aromatic rings. The van der Waals surface area contributed by atoms with Crippen LogP contribution in [0.25, 0.3) is 0 Å². The number of nitrogens with zero attached hydrogens (tertiary/aromatic N) is 1. The summed E-state index contributed by atoms with van der Waals surface area (Å²) in [4.78, 5) is 2.12. The van der Waals surface area contributed by atoms with Crippen LogP contribution in [0, 0.1) is 0 Å². The number of benzene rings is 1. The molecule has 0 aromatic heterocycles. The van der Waals surface area contributed by atoms with Crippen molar-refractivity contribution in [3.05, 3.63) is 28.8 Å². The predicted octanol–water partition coefficient (Wildman–Crippen LogP) is 2.01. The maximum absolute atomic E-state index is 9.05. The molecule has 1 aromatic carbocycles. The molecule has 4 heteroatoms. The summed E-state index contributed by atoms with van der Waals surface area (Å²) in [7, 11) is 0. The Kier molecular flexibility index (Phi) is 5.60. The Balaban J connectivity index is 3.02. The van der Waals surface area contributed by atoms with E-state index in [0.29, 0.717) is 18.1 Å². The molecule has 0 fully saturated rings. The van der Waals surface area contributed by atoms with Crippen molar-refractivity contribution in [2.75, 3.05) is 24.6 Å². The number of aliphatic hydroxyl groups excluding tert-OH is 1. The first-order valence-electron chi connectivity index (χ1n) is 5.57. The minimum Gasteiger partial charge on any atom is -0.395 e. The van der Waals surface area contributed by atoms with Gasteiger partial charge in [0, 0.05) is 35.9 Å². The maximum Gasteiger partial charge on any atom is 0.0606 e. The van der Waals surface area contributed by atoms with Crippen molar-refractivity contribution in [2.24, 2.45) is 5.73 Å². The van der Waals surface area contributed by atoms with E-state index in [-0.39, 0.29) is 6.61 Å². The Bertz CT molecular complexity index is 325. The van der Waals surface area contributed by atoms with E-state index in [1.54, 1.807) is 0 Å². The van der Waals surface area contributed by atoms with E-state index in [9.17, 15) is 0 Å². The highest BCUT2D eigenvalue weighted by atomic mass is 35.5. The van der Waals surface area contributed by atoms with Crippen molar-refractivity contribution in [3.63, 3.8) is 0 Å². The molecule has 3 nitrogen and oxygen atoms in total. The summed E-state index contributed by atoms with van der Waals surface area (Å²) in [6.07, 6.45) is 1.02. The van der Waals surface area contributed by atoms with Crippen LogP contribution in [0.5, 0.6) is 0 Å². The van der Waals surface area contributed by atoms with Gasteiger partial charge in [0.05, 0.1) is 6.61 Å². The predicted molar refractivity (Wildman–Crippen MR) is 68.9 cm³/mol. The molecule has 3 N–H and O–H groups in total. The fourth-order valence-electron chi connectivity index (χ4n) is 1.79. The van der Waals surface area contributed by atoms with Gasteiger partial charge in [0.15, 0.2) is 0 Å². The smallest absolute Gasteiger partial charge is 0.0606 e. The molecule has 0 heterocycles. The van der Waals surface area contributed by atoms with Crippen molar-refractivity contribution in [2.45, 2.75) is 19.9 Å². The topological polar surface area (TPSA) is 49.5 Å². The zero-order valence-electron chi connectivity index (χ0n) is 9.62. The SMILES string of the molecule is CCCN(CCO)c1cccc(Cl)c1CN. The molecule has 90 valence electrons. The van der Waals surface area contributed by atoms with E-state index in [4.69, 9.17) is 22.4 Å². The highest BCUT2D eigenvalue weighted by molar-refractivity contribution is 6.31. The zero-order chi connectivity index (χ0) is 12.0. The largest absolute Gasteiger partial charge is 0.395 e. The molecule has 0 unspecified atom stereocenters. The van der Waals surface area contributed by atoms with Gasteiger partial charge in [-0.25, -0.2) is 0 Å². The molecule has 0 saturated carbocycles. The first kappa shape index (κ1) is 13.3. The monoisotopic (exact) mass is 242 g/mol. The number of halogens is 1. The third kappa shape index (κ3) is 3.11. The third-order valence-corrected chi connectivity index (χ3v) is 2.86. The van der Waals surface area contributed by atoms with Crippen LogP contribution in [0.1, 0.15) is 18.9 Å². The lowest BCUT2D eigenvalue weighted by Gasteiger charge is -2.26. The fourth-order valence-corrected chi connectivity index (χ4v) is 2.04. The minimum absolute atomic E-state index is 0.135. The number of rotatable bonds is 6. The normalized spacial score (nSPS) is 10.5. The van der Waals surface area contributed by atoms with E-state index in [1.165, 1.54) is 0 Å². The lowest BCUT2D eigenvalue weighted by atomic mass is 10.1. The van der Waals surface area contributed by atoms with E-state index < -0.39 is 0 Å². The number of hydrogen-bond donors (Lipinski definition) is 2. The maximum atomic E-state index is 9.05. The van der Waals surface area contributed by atoms with Gasteiger partial charge >= 0.3 is 0 Å². The van der Waals surface area contributed by atoms with Gasteiger partial charge in [0.2, 0.25) is 0 Å². The van der Waals surface area contributed by atoms with Crippen LogP contribution in [0.15, 0.2) is 18.2 Å². The lowest BCUT2D eigenvalue weighted by molar-refractivity contribution is 0.301. The van der Waals surface area contributed by atoms with Gasteiger partial charge in [-0.15, -0.1) is 0 Å². The standard InChI is InChI=1S/C12H19ClN2O/c1-2-6-15(7-8-16)12-5-3-4-11(13)10(12)9-14/h3-5,16H,2,6-9,14H2,1H3. The van der Waals surface area contributed by atoms with Crippen molar-refractivity contribution in [1.29, 1.82) is 0 Å². The molecule has 0 bridgehead atoms. The lowest BCUT2D eigenvalue weighted by Crippen LogP contribution is -2.28. The summed E-state index contributed by atoms with van der Waals surface area (Å²) in [6.45, 7) is 4.17. The fraction of sp³-hybridized carbons (Fsp3) is 0.500. The summed E-state index contributed by atoms with van der Waals surface area (Å²) in [5.41, 5.74) is 7.69. The molecule has 0 saturated heterocycles. The molecular formula is C12H19ClN2O. The van der Waals surface area contributed by atoms with Crippen LogP contribution >= 0.6 is 11.6 Å². The summed E-state index contributed by atoms with van der Waals surface area (Å²) in [6, 6.07) is 5.76. The van der Waals surface area contributed by atoms with Crippen LogP contribution in [-0.2, 0) is 6.54 Å². The molecule has 0 spiro atoms. The summed E-state index contributed by atoms with van der Waals surface area (Å²) in [5.74, 6) is 0. The minimum atomic E-state index is 0.135. The van der Waals surface area contributed by atoms with Crippen molar-refractivity contribution >= 4 is 17.3 Å². The van der Waals surface area contributed by atoms with Crippen LogP contribution in [0.2, 0.25) is 5.02 Å². The highest BCUT2D eigenvalue weighted by Crippen LogP contribution is 2.27.